The highest BCUT2D eigenvalue weighted by molar-refractivity contribution is 5.80. The topological polar surface area (TPSA) is 105 Å². The molecule has 8 nitrogen and oxygen atoms in total. The summed E-state index contributed by atoms with van der Waals surface area (Å²) in [5.74, 6) is -2.04. The lowest BCUT2D eigenvalue weighted by Gasteiger charge is -2.40. The maximum absolute atomic E-state index is 12.3. The van der Waals surface area contributed by atoms with E-state index in [0.29, 0.717) is 12.5 Å². The first-order chi connectivity index (χ1) is 13.1. The molecule has 0 aliphatic carbocycles. The molecule has 28 heavy (non-hydrogen) atoms. The van der Waals surface area contributed by atoms with Crippen LogP contribution in [0.4, 0.5) is 19.1 Å². The number of amides is 1. The van der Waals surface area contributed by atoms with Crippen LogP contribution in [0, 0.1) is 5.92 Å². The van der Waals surface area contributed by atoms with Gasteiger partial charge in [0.25, 0.3) is 0 Å². The van der Waals surface area contributed by atoms with Gasteiger partial charge in [-0.25, -0.2) is 14.8 Å². The highest BCUT2D eigenvalue weighted by Crippen LogP contribution is 2.33. The molecular formula is C17H23F3N4O4. The van der Waals surface area contributed by atoms with Gasteiger partial charge < -0.3 is 20.1 Å². The van der Waals surface area contributed by atoms with Crippen molar-refractivity contribution >= 4 is 17.8 Å². The summed E-state index contributed by atoms with van der Waals surface area (Å²) in [6.45, 7) is 5.37. The van der Waals surface area contributed by atoms with Crippen molar-refractivity contribution in [3.63, 3.8) is 0 Å². The van der Waals surface area contributed by atoms with Crippen LogP contribution in [0.3, 0.4) is 0 Å². The molecule has 0 aromatic carbocycles. The fourth-order valence-corrected chi connectivity index (χ4v) is 3.21. The van der Waals surface area contributed by atoms with Crippen LogP contribution in [0.2, 0.25) is 0 Å². The summed E-state index contributed by atoms with van der Waals surface area (Å²) in [7, 11) is 0. The minimum absolute atomic E-state index is 0.0736. The van der Waals surface area contributed by atoms with Crippen molar-refractivity contribution in [3.05, 3.63) is 18.5 Å². The number of hydrogen-bond donors (Lipinski definition) is 2. The summed E-state index contributed by atoms with van der Waals surface area (Å²) in [4.78, 5) is 32.1. The van der Waals surface area contributed by atoms with Crippen LogP contribution in [0.1, 0.15) is 26.7 Å². The Labute approximate surface area is 160 Å². The van der Waals surface area contributed by atoms with Crippen molar-refractivity contribution in [2.75, 3.05) is 18.1 Å². The normalized spacial score (nSPS) is 24.2. The lowest BCUT2D eigenvalue weighted by molar-refractivity contribution is -0.192. The van der Waals surface area contributed by atoms with E-state index >= 15 is 0 Å². The number of carbonyl (C=O) groups excluding carboxylic acids is 1. The van der Waals surface area contributed by atoms with Crippen LogP contribution in [0.25, 0.3) is 0 Å². The number of alkyl halides is 3. The molecule has 11 heteroatoms. The first kappa shape index (κ1) is 21.9. The number of carboxylic acid groups (broad SMARTS) is 1. The third-order valence-electron chi connectivity index (χ3n) is 4.36. The molecule has 3 heterocycles. The predicted molar refractivity (Wildman–Crippen MR) is 92.6 cm³/mol. The molecule has 2 aliphatic heterocycles. The van der Waals surface area contributed by atoms with Gasteiger partial charge in [-0.3, -0.25) is 4.79 Å². The second-order valence-corrected chi connectivity index (χ2v) is 6.87. The molecule has 2 fully saturated rings. The minimum atomic E-state index is -5.08. The molecular weight excluding hydrogens is 381 g/mol. The Morgan fingerprint density at radius 2 is 1.93 bits per heavy atom. The van der Waals surface area contributed by atoms with Crippen molar-refractivity contribution in [1.29, 1.82) is 0 Å². The summed E-state index contributed by atoms with van der Waals surface area (Å²) < 4.78 is 37.6. The molecule has 0 bridgehead atoms. The summed E-state index contributed by atoms with van der Waals surface area (Å²) in [6, 6.07) is 2.25. The van der Waals surface area contributed by atoms with E-state index < -0.39 is 12.1 Å². The molecule has 3 rings (SSSR count). The van der Waals surface area contributed by atoms with Crippen molar-refractivity contribution in [3.8, 4) is 0 Å². The van der Waals surface area contributed by atoms with Crippen LogP contribution in [-0.2, 0) is 14.3 Å². The number of carboxylic acids is 1. The predicted octanol–water partition coefficient (Wildman–Crippen LogP) is 1.62. The number of anilines is 1. The third-order valence-corrected chi connectivity index (χ3v) is 4.36. The second kappa shape index (κ2) is 9.18. The number of fused-ring (bicyclic) bond motifs is 1. The Bertz CT molecular complexity index is 672. The van der Waals surface area contributed by atoms with E-state index in [4.69, 9.17) is 14.6 Å². The molecule has 1 aromatic rings. The van der Waals surface area contributed by atoms with E-state index in [9.17, 15) is 18.0 Å². The van der Waals surface area contributed by atoms with E-state index in [2.05, 4.69) is 20.2 Å². The summed E-state index contributed by atoms with van der Waals surface area (Å²) in [5, 5.41) is 10.1. The monoisotopic (exact) mass is 404 g/mol. The molecule has 0 radical (unpaired) electrons. The number of nitrogens with one attached hydrogen (secondary N) is 1. The molecule has 3 atom stereocenters. The number of piperidine rings is 1. The standard InChI is InChI=1S/C15H22N4O2.C2HF3O2/c1-10(2)18-14(20)11-8-13-12(4-7-21-13)19(9-11)15-16-5-3-6-17-15;3-2(4,5)1(6)7/h3,5-6,10-13H,4,7-9H2,1-2H3,(H,18,20);(H,6,7)/t11-,12+,13+;/m0./s1. The number of ether oxygens (including phenoxy) is 1. The minimum Gasteiger partial charge on any atom is -0.475 e. The fraction of sp³-hybridized carbons (Fsp3) is 0.647. The number of nitrogens with zero attached hydrogens (tertiary/aromatic N) is 3. The van der Waals surface area contributed by atoms with Gasteiger partial charge in [-0.1, -0.05) is 0 Å². The van der Waals surface area contributed by atoms with Gasteiger partial charge in [0.05, 0.1) is 18.1 Å². The van der Waals surface area contributed by atoms with Gasteiger partial charge in [0.15, 0.2) is 0 Å². The molecule has 2 aliphatic rings. The van der Waals surface area contributed by atoms with E-state index in [1.54, 1.807) is 18.5 Å². The summed E-state index contributed by atoms with van der Waals surface area (Å²) >= 11 is 0. The fourth-order valence-electron chi connectivity index (χ4n) is 3.21. The van der Waals surface area contributed by atoms with Gasteiger partial charge in [0, 0.05) is 31.6 Å². The highest BCUT2D eigenvalue weighted by Gasteiger charge is 2.43. The zero-order chi connectivity index (χ0) is 20.9. The van der Waals surface area contributed by atoms with Gasteiger partial charge in [0.1, 0.15) is 0 Å². The average molecular weight is 404 g/mol. The Morgan fingerprint density at radius 3 is 2.46 bits per heavy atom. The summed E-state index contributed by atoms with van der Waals surface area (Å²) in [6.07, 6.45) is 0.259. The zero-order valence-electron chi connectivity index (χ0n) is 15.5. The number of hydrogen-bond acceptors (Lipinski definition) is 6. The van der Waals surface area contributed by atoms with E-state index in [1.165, 1.54) is 0 Å². The number of halogens is 3. The first-order valence-electron chi connectivity index (χ1n) is 8.85. The molecule has 1 aromatic heterocycles. The van der Waals surface area contributed by atoms with Gasteiger partial charge in [-0.2, -0.15) is 13.2 Å². The van der Waals surface area contributed by atoms with Crippen molar-refractivity contribution < 1.29 is 32.6 Å². The molecule has 0 saturated carbocycles. The van der Waals surface area contributed by atoms with Gasteiger partial charge >= 0.3 is 12.1 Å². The lowest BCUT2D eigenvalue weighted by atomic mass is 9.89. The Hall–Kier alpha value is -2.43. The van der Waals surface area contributed by atoms with E-state index in [1.807, 2.05) is 13.8 Å². The number of aromatic nitrogens is 2. The molecule has 2 N–H and O–H groups in total. The van der Waals surface area contributed by atoms with E-state index in [-0.39, 0.29) is 30.0 Å². The van der Waals surface area contributed by atoms with Gasteiger partial charge in [0.2, 0.25) is 11.9 Å². The van der Waals surface area contributed by atoms with Crippen LogP contribution < -0.4 is 10.2 Å². The number of carbonyl (C=O) groups is 2. The molecule has 2 saturated heterocycles. The molecule has 0 spiro atoms. The molecule has 1 amide bonds. The van der Waals surface area contributed by atoms with Crippen LogP contribution in [0.5, 0.6) is 0 Å². The van der Waals surface area contributed by atoms with Gasteiger partial charge in [-0.05, 0) is 32.8 Å². The lowest BCUT2D eigenvalue weighted by Crippen LogP contribution is -2.54. The SMILES string of the molecule is CC(C)NC(=O)[C@H]1C[C@H]2OCC[C@H]2N(c2ncccn2)C1.O=C(O)C(F)(F)F. The number of aliphatic carboxylic acids is 1. The molecule has 0 unspecified atom stereocenters. The zero-order valence-corrected chi connectivity index (χ0v) is 15.5. The Balaban J connectivity index is 0.000000345. The molecule has 156 valence electrons. The Morgan fingerprint density at radius 1 is 1.32 bits per heavy atom. The van der Waals surface area contributed by atoms with Crippen molar-refractivity contribution in [2.24, 2.45) is 5.92 Å². The maximum atomic E-state index is 12.3. The smallest absolute Gasteiger partial charge is 0.475 e. The van der Waals surface area contributed by atoms with Crippen LogP contribution in [0.15, 0.2) is 18.5 Å². The quantitative estimate of drug-likeness (QED) is 0.789. The van der Waals surface area contributed by atoms with Crippen LogP contribution >= 0.6 is 0 Å². The Kier molecular flexibility index (Phi) is 7.17. The number of rotatable bonds is 3. The van der Waals surface area contributed by atoms with E-state index in [0.717, 1.165) is 19.4 Å². The third kappa shape index (κ3) is 5.78. The first-order valence-corrected chi connectivity index (χ1v) is 8.85. The maximum Gasteiger partial charge on any atom is 0.490 e. The average Bonchev–Trinajstić information content (AvgIpc) is 3.09. The summed E-state index contributed by atoms with van der Waals surface area (Å²) in [5.41, 5.74) is 0. The highest BCUT2D eigenvalue weighted by atomic mass is 19.4. The second-order valence-electron chi connectivity index (χ2n) is 6.87. The van der Waals surface area contributed by atoms with Gasteiger partial charge in [-0.15, -0.1) is 0 Å². The van der Waals surface area contributed by atoms with Crippen molar-refractivity contribution in [2.45, 2.75) is 51.1 Å². The van der Waals surface area contributed by atoms with Crippen molar-refractivity contribution in [1.82, 2.24) is 15.3 Å². The van der Waals surface area contributed by atoms with Crippen LogP contribution in [-0.4, -0.2) is 64.5 Å². The largest absolute Gasteiger partial charge is 0.490 e.